The maximum atomic E-state index is 12.6. The van der Waals surface area contributed by atoms with Crippen molar-refractivity contribution in [3.63, 3.8) is 0 Å². The van der Waals surface area contributed by atoms with Crippen molar-refractivity contribution < 1.29 is 9.53 Å². The Kier molecular flexibility index (Phi) is 3.95. The maximum absolute atomic E-state index is 12.6. The molecule has 2 aliphatic heterocycles. The Morgan fingerprint density at radius 2 is 1.93 bits per heavy atom. The Labute approximate surface area is 170 Å². The van der Waals surface area contributed by atoms with Crippen LogP contribution in [0.3, 0.4) is 0 Å². The average Bonchev–Trinajstić information content (AvgIpc) is 3.37. The second-order valence-corrected chi connectivity index (χ2v) is 9.23. The largest absolute Gasteiger partial charge is 0.444 e. The summed E-state index contributed by atoms with van der Waals surface area (Å²) in [5.41, 5.74) is 2.74. The van der Waals surface area contributed by atoms with Gasteiger partial charge in [0.2, 0.25) is 0 Å². The van der Waals surface area contributed by atoms with Crippen molar-refractivity contribution in [2.24, 2.45) is 0 Å². The van der Waals surface area contributed by atoms with Gasteiger partial charge in [-0.15, -0.1) is 0 Å². The van der Waals surface area contributed by atoms with Crippen molar-refractivity contribution in [2.45, 2.75) is 51.2 Å². The molecule has 1 aromatic carbocycles. The number of carbonyl (C=O) groups is 1. The van der Waals surface area contributed by atoms with Crippen molar-refractivity contribution >= 4 is 16.9 Å². The number of aryl methyl sites for hydroxylation is 1. The third-order valence-corrected chi connectivity index (χ3v) is 6.08. The minimum atomic E-state index is -0.473. The van der Waals surface area contributed by atoms with Gasteiger partial charge in [0, 0.05) is 54.1 Å². The molecule has 0 saturated carbocycles. The van der Waals surface area contributed by atoms with Crippen molar-refractivity contribution in [1.82, 2.24) is 19.7 Å². The molecule has 0 radical (unpaired) electrons. The van der Waals surface area contributed by atoms with Crippen LogP contribution in [0.2, 0.25) is 0 Å². The van der Waals surface area contributed by atoms with Crippen LogP contribution in [0.15, 0.2) is 42.7 Å². The van der Waals surface area contributed by atoms with Crippen LogP contribution in [0.1, 0.15) is 39.3 Å². The Balaban J connectivity index is 1.46. The van der Waals surface area contributed by atoms with Crippen LogP contribution in [0.25, 0.3) is 22.0 Å². The molecule has 6 heteroatoms. The lowest BCUT2D eigenvalue weighted by Gasteiger charge is -2.26. The number of hydrogen-bond donors (Lipinski definition) is 0. The van der Waals surface area contributed by atoms with E-state index in [-0.39, 0.29) is 11.5 Å². The first-order valence-corrected chi connectivity index (χ1v) is 10.2. The molecule has 0 N–H and O–H groups in total. The van der Waals surface area contributed by atoms with E-state index in [0.29, 0.717) is 6.54 Å². The number of amides is 1. The molecule has 1 saturated heterocycles. The molecule has 4 heterocycles. The van der Waals surface area contributed by atoms with Crippen LogP contribution in [0, 0.1) is 0 Å². The van der Waals surface area contributed by atoms with Gasteiger partial charge in [-0.1, -0.05) is 24.3 Å². The summed E-state index contributed by atoms with van der Waals surface area (Å²) in [6, 6.07) is 10.5. The normalized spacial score (nSPS) is 21.1. The van der Waals surface area contributed by atoms with E-state index in [1.807, 2.05) is 50.2 Å². The predicted molar refractivity (Wildman–Crippen MR) is 112 cm³/mol. The van der Waals surface area contributed by atoms with Gasteiger partial charge >= 0.3 is 6.09 Å². The highest BCUT2D eigenvalue weighted by atomic mass is 16.6. The third kappa shape index (κ3) is 3.07. The van der Waals surface area contributed by atoms with E-state index in [1.165, 1.54) is 5.69 Å². The second-order valence-electron chi connectivity index (χ2n) is 9.23. The zero-order chi connectivity index (χ0) is 20.2. The average molecular weight is 390 g/mol. The van der Waals surface area contributed by atoms with Crippen LogP contribution in [-0.2, 0) is 16.7 Å². The van der Waals surface area contributed by atoms with Gasteiger partial charge in [0.25, 0.3) is 0 Å². The van der Waals surface area contributed by atoms with Crippen LogP contribution in [0.5, 0.6) is 0 Å². The van der Waals surface area contributed by atoms with E-state index in [0.717, 1.165) is 48.0 Å². The Bertz CT molecular complexity index is 1090. The molecule has 0 aliphatic carbocycles. The van der Waals surface area contributed by atoms with Crippen molar-refractivity contribution in [1.29, 1.82) is 0 Å². The summed E-state index contributed by atoms with van der Waals surface area (Å²) in [4.78, 5) is 18.8. The SMILES string of the molecule is CC(C)(C)OC(=O)N1CCC2(CCn3nc(-c4cncc5ccccc45)cc32)C1. The van der Waals surface area contributed by atoms with E-state index in [9.17, 15) is 4.79 Å². The van der Waals surface area contributed by atoms with Gasteiger partial charge < -0.3 is 9.64 Å². The minimum absolute atomic E-state index is 0.0276. The Morgan fingerprint density at radius 1 is 1.14 bits per heavy atom. The number of aromatic nitrogens is 3. The molecule has 2 aliphatic rings. The first kappa shape index (κ1) is 18.2. The number of fused-ring (bicyclic) bond motifs is 3. The maximum Gasteiger partial charge on any atom is 0.410 e. The van der Waals surface area contributed by atoms with E-state index < -0.39 is 5.60 Å². The van der Waals surface area contributed by atoms with E-state index in [1.54, 1.807) is 0 Å². The zero-order valence-corrected chi connectivity index (χ0v) is 17.2. The fourth-order valence-electron chi connectivity index (χ4n) is 4.68. The lowest BCUT2D eigenvalue weighted by Crippen LogP contribution is -2.37. The highest BCUT2D eigenvalue weighted by Crippen LogP contribution is 2.44. The van der Waals surface area contributed by atoms with Crippen molar-refractivity contribution in [3.8, 4) is 11.3 Å². The number of ether oxygens (including phenoxy) is 1. The Hall–Kier alpha value is -2.89. The lowest BCUT2D eigenvalue weighted by atomic mass is 9.82. The molecule has 29 heavy (non-hydrogen) atoms. The number of rotatable bonds is 1. The predicted octanol–water partition coefficient (Wildman–Crippen LogP) is 4.38. The number of pyridine rings is 1. The fraction of sp³-hybridized carbons (Fsp3) is 0.435. The van der Waals surface area contributed by atoms with E-state index in [4.69, 9.17) is 9.84 Å². The molecule has 3 aromatic rings. The molecule has 150 valence electrons. The minimum Gasteiger partial charge on any atom is -0.444 e. The first-order valence-electron chi connectivity index (χ1n) is 10.2. The number of hydrogen-bond acceptors (Lipinski definition) is 4. The van der Waals surface area contributed by atoms with Crippen LogP contribution in [0.4, 0.5) is 4.79 Å². The highest BCUT2D eigenvalue weighted by Gasteiger charge is 2.47. The molecule has 1 fully saturated rings. The molecule has 2 aromatic heterocycles. The molecule has 1 amide bonds. The summed E-state index contributed by atoms with van der Waals surface area (Å²) in [5, 5.41) is 7.18. The lowest BCUT2D eigenvalue weighted by molar-refractivity contribution is 0.0284. The molecule has 0 bridgehead atoms. The number of carbonyl (C=O) groups excluding carboxylic acids is 1. The summed E-state index contributed by atoms with van der Waals surface area (Å²) in [7, 11) is 0. The zero-order valence-electron chi connectivity index (χ0n) is 17.2. The topological polar surface area (TPSA) is 60.2 Å². The van der Waals surface area contributed by atoms with E-state index >= 15 is 0 Å². The summed E-state index contributed by atoms with van der Waals surface area (Å²) in [6.45, 7) is 8.03. The van der Waals surface area contributed by atoms with Gasteiger partial charge in [-0.05, 0) is 45.1 Å². The van der Waals surface area contributed by atoms with Crippen molar-refractivity contribution in [2.75, 3.05) is 13.1 Å². The monoisotopic (exact) mass is 390 g/mol. The molecule has 5 rings (SSSR count). The number of likely N-dealkylation sites (tertiary alicyclic amines) is 1. The number of benzene rings is 1. The van der Waals surface area contributed by atoms with Gasteiger partial charge in [-0.3, -0.25) is 9.67 Å². The van der Waals surface area contributed by atoms with Crippen LogP contribution >= 0.6 is 0 Å². The van der Waals surface area contributed by atoms with Gasteiger partial charge in [0.1, 0.15) is 5.60 Å². The smallest absolute Gasteiger partial charge is 0.410 e. The molecular weight excluding hydrogens is 364 g/mol. The van der Waals surface area contributed by atoms with Gasteiger partial charge in [-0.25, -0.2) is 4.79 Å². The second kappa shape index (κ2) is 6.31. The van der Waals surface area contributed by atoms with Gasteiger partial charge in [0.05, 0.1) is 5.69 Å². The first-order chi connectivity index (χ1) is 13.8. The summed E-state index contributed by atoms with van der Waals surface area (Å²) >= 11 is 0. The van der Waals surface area contributed by atoms with Crippen LogP contribution < -0.4 is 0 Å². The highest BCUT2D eigenvalue weighted by molar-refractivity contribution is 5.94. The molecule has 6 nitrogen and oxygen atoms in total. The molecule has 1 unspecified atom stereocenters. The Morgan fingerprint density at radius 3 is 2.76 bits per heavy atom. The van der Waals surface area contributed by atoms with Gasteiger partial charge in [-0.2, -0.15) is 5.10 Å². The quantitative estimate of drug-likeness (QED) is 0.619. The summed E-state index contributed by atoms with van der Waals surface area (Å²) in [6.07, 6.45) is 5.54. The molecular formula is C23H26N4O2. The van der Waals surface area contributed by atoms with Gasteiger partial charge in [0.15, 0.2) is 0 Å². The summed E-state index contributed by atoms with van der Waals surface area (Å²) in [5.74, 6) is 0. The molecule has 1 spiro atoms. The standard InChI is InChI=1S/C23H26N4O2/c1-22(2,3)29-21(28)26-10-8-23(15-26)9-11-27-20(23)12-19(25-27)18-14-24-13-16-6-4-5-7-17(16)18/h4-7,12-14H,8-11,15H2,1-3H3. The third-order valence-electron chi connectivity index (χ3n) is 6.08. The number of nitrogens with zero attached hydrogens (tertiary/aromatic N) is 4. The van der Waals surface area contributed by atoms with E-state index in [2.05, 4.69) is 27.9 Å². The van der Waals surface area contributed by atoms with Crippen LogP contribution in [-0.4, -0.2) is 44.4 Å². The van der Waals surface area contributed by atoms with Crippen molar-refractivity contribution in [3.05, 3.63) is 48.4 Å². The fourth-order valence-corrected chi connectivity index (χ4v) is 4.68. The molecule has 1 atom stereocenters. The summed E-state index contributed by atoms with van der Waals surface area (Å²) < 4.78 is 7.71.